The van der Waals surface area contributed by atoms with E-state index in [0.29, 0.717) is 5.69 Å². The van der Waals surface area contributed by atoms with Gasteiger partial charge >= 0.3 is 0 Å². The van der Waals surface area contributed by atoms with Gasteiger partial charge in [0.1, 0.15) is 11.4 Å². The van der Waals surface area contributed by atoms with E-state index in [1.54, 1.807) is 13.3 Å². The van der Waals surface area contributed by atoms with Crippen molar-refractivity contribution >= 4 is 11.5 Å². The maximum Gasteiger partial charge on any atom is 0.155 e. The predicted octanol–water partition coefficient (Wildman–Crippen LogP) is 2.13. The number of nitrogens with two attached hydrogens (primary N) is 1. The number of hydrogen-bond donors (Lipinski definition) is 1. The van der Waals surface area contributed by atoms with Crippen LogP contribution in [0.25, 0.3) is 0 Å². The fraction of sp³-hybridized carbons (Fsp3) is 0.688. The van der Waals surface area contributed by atoms with Crippen LogP contribution in [0.2, 0.25) is 0 Å². The van der Waals surface area contributed by atoms with Gasteiger partial charge in [0, 0.05) is 44.5 Å². The summed E-state index contributed by atoms with van der Waals surface area (Å²) in [6, 6.07) is 2.62. The standard InChI is InChI=1S/C16H26N4O/c1-21-14-7-8-18-16(15(14)17)20-11-9-19(10-12-20)13-5-3-2-4-6-13/h7-8,13H,2-6,9-12,17H2,1H3. The summed E-state index contributed by atoms with van der Waals surface area (Å²) in [4.78, 5) is 9.40. The molecule has 1 aromatic heterocycles. The Labute approximate surface area is 127 Å². The van der Waals surface area contributed by atoms with Crippen LogP contribution in [0.3, 0.4) is 0 Å². The van der Waals surface area contributed by atoms with E-state index in [2.05, 4.69) is 14.8 Å². The second kappa shape index (κ2) is 6.52. The number of rotatable bonds is 3. The maximum absolute atomic E-state index is 6.16. The fourth-order valence-electron chi connectivity index (χ4n) is 3.62. The van der Waals surface area contributed by atoms with Crippen molar-refractivity contribution in [2.24, 2.45) is 0 Å². The number of pyridine rings is 1. The minimum Gasteiger partial charge on any atom is -0.494 e. The van der Waals surface area contributed by atoms with Gasteiger partial charge < -0.3 is 15.4 Å². The van der Waals surface area contributed by atoms with Crippen LogP contribution >= 0.6 is 0 Å². The van der Waals surface area contributed by atoms with Gasteiger partial charge in [0.15, 0.2) is 5.82 Å². The minimum absolute atomic E-state index is 0.658. The molecule has 1 aliphatic carbocycles. The number of aromatic nitrogens is 1. The van der Waals surface area contributed by atoms with Crippen LogP contribution in [-0.2, 0) is 0 Å². The number of nitrogen functional groups attached to an aromatic ring is 1. The number of anilines is 2. The number of methoxy groups -OCH3 is 1. The molecule has 0 aromatic carbocycles. The molecule has 5 nitrogen and oxygen atoms in total. The first-order valence-electron chi connectivity index (χ1n) is 8.07. The van der Waals surface area contributed by atoms with Crippen molar-refractivity contribution in [1.82, 2.24) is 9.88 Å². The van der Waals surface area contributed by atoms with Crippen molar-refractivity contribution in [3.05, 3.63) is 12.3 Å². The Hall–Kier alpha value is -1.49. The molecule has 0 bridgehead atoms. The Morgan fingerprint density at radius 3 is 2.52 bits per heavy atom. The topological polar surface area (TPSA) is 54.6 Å². The molecule has 21 heavy (non-hydrogen) atoms. The zero-order valence-electron chi connectivity index (χ0n) is 12.9. The van der Waals surface area contributed by atoms with Gasteiger partial charge in [-0.1, -0.05) is 19.3 Å². The number of ether oxygens (including phenoxy) is 1. The predicted molar refractivity (Wildman–Crippen MR) is 85.9 cm³/mol. The number of piperazine rings is 1. The molecular formula is C16H26N4O. The van der Waals surface area contributed by atoms with Crippen molar-refractivity contribution in [2.45, 2.75) is 38.1 Å². The first kappa shape index (κ1) is 14.4. The van der Waals surface area contributed by atoms with Gasteiger partial charge in [-0.15, -0.1) is 0 Å². The highest BCUT2D eigenvalue weighted by Crippen LogP contribution is 2.31. The third-order valence-corrected chi connectivity index (χ3v) is 4.85. The van der Waals surface area contributed by atoms with Crippen molar-refractivity contribution < 1.29 is 4.74 Å². The monoisotopic (exact) mass is 290 g/mol. The zero-order chi connectivity index (χ0) is 14.7. The molecule has 2 aliphatic rings. The van der Waals surface area contributed by atoms with Crippen LogP contribution < -0.4 is 15.4 Å². The minimum atomic E-state index is 0.658. The van der Waals surface area contributed by atoms with Gasteiger partial charge in [-0.25, -0.2) is 4.98 Å². The highest BCUT2D eigenvalue weighted by Gasteiger charge is 2.26. The smallest absolute Gasteiger partial charge is 0.155 e. The molecule has 1 aromatic rings. The Bertz CT molecular complexity index is 465. The van der Waals surface area contributed by atoms with E-state index in [4.69, 9.17) is 10.5 Å². The third kappa shape index (κ3) is 3.07. The summed E-state index contributed by atoms with van der Waals surface area (Å²) >= 11 is 0. The van der Waals surface area contributed by atoms with Crippen molar-refractivity contribution in [3.8, 4) is 5.75 Å². The number of hydrogen-bond acceptors (Lipinski definition) is 5. The van der Waals surface area contributed by atoms with Crippen LogP contribution in [-0.4, -0.2) is 49.2 Å². The van der Waals surface area contributed by atoms with Crippen molar-refractivity contribution in [2.75, 3.05) is 43.9 Å². The summed E-state index contributed by atoms with van der Waals surface area (Å²) < 4.78 is 5.29. The van der Waals surface area contributed by atoms with E-state index >= 15 is 0 Å². The van der Waals surface area contributed by atoms with E-state index in [0.717, 1.165) is 43.8 Å². The normalized spacial score (nSPS) is 21.5. The first-order valence-corrected chi connectivity index (χ1v) is 8.07. The lowest BCUT2D eigenvalue weighted by Gasteiger charge is -2.41. The van der Waals surface area contributed by atoms with Crippen molar-refractivity contribution in [3.63, 3.8) is 0 Å². The highest BCUT2D eigenvalue weighted by molar-refractivity contribution is 5.70. The Morgan fingerprint density at radius 2 is 1.86 bits per heavy atom. The molecule has 1 saturated heterocycles. The van der Waals surface area contributed by atoms with Crippen LogP contribution in [0.1, 0.15) is 32.1 Å². The summed E-state index contributed by atoms with van der Waals surface area (Å²) in [5, 5.41) is 0. The average Bonchev–Trinajstić information content (AvgIpc) is 2.56. The lowest BCUT2D eigenvalue weighted by molar-refractivity contribution is 0.147. The van der Waals surface area contributed by atoms with Gasteiger partial charge in [0.2, 0.25) is 0 Å². The fourth-order valence-corrected chi connectivity index (χ4v) is 3.62. The second-order valence-electron chi connectivity index (χ2n) is 6.07. The zero-order valence-corrected chi connectivity index (χ0v) is 12.9. The summed E-state index contributed by atoms with van der Waals surface area (Å²) in [5.74, 6) is 1.59. The second-order valence-corrected chi connectivity index (χ2v) is 6.07. The molecule has 116 valence electrons. The van der Waals surface area contributed by atoms with E-state index in [-0.39, 0.29) is 0 Å². The van der Waals surface area contributed by atoms with Gasteiger partial charge in [-0.05, 0) is 12.8 Å². The molecule has 3 rings (SSSR count). The molecule has 0 spiro atoms. The van der Waals surface area contributed by atoms with Gasteiger partial charge in [0.05, 0.1) is 7.11 Å². The molecular weight excluding hydrogens is 264 g/mol. The summed E-state index contributed by atoms with van der Waals surface area (Å²) in [7, 11) is 1.65. The SMILES string of the molecule is COc1ccnc(N2CCN(C3CCCCC3)CC2)c1N. The number of nitrogens with zero attached hydrogens (tertiary/aromatic N) is 3. The van der Waals surface area contributed by atoms with Gasteiger partial charge in [0.25, 0.3) is 0 Å². The van der Waals surface area contributed by atoms with E-state index in [1.165, 1.54) is 32.1 Å². The summed E-state index contributed by atoms with van der Waals surface area (Å²) in [6.07, 6.45) is 8.74. The molecule has 5 heteroatoms. The Balaban J connectivity index is 1.63. The Morgan fingerprint density at radius 1 is 1.14 bits per heavy atom. The van der Waals surface area contributed by atoms with Crippen LogP contribution in [0.15, 0.2) is 12.3 Å². The van der Waals surface area contributed by atoms with Gasteiger partial charge in [-0.3, -0.25) is 4.90 Å². The summed E-state index contributed by atoms with van der Waals surface area (Å²) in [5.41, 5.74) is 6.82. The van der Waals surface area contributed by atoms with Gasteiger partial charge in [-0.2, -0.15) is 0 Å². The third-order valence-electron chi connectivity index (χ3n) is 4.85. The quantitative estimate of drug-likeness (QED) is 0.924. The highest BCUT2D eigenvalue weighted by atomic mass is 16.5. The van der Waals surface area contributed by atoms with Crippen molar-refractivity contribution in [1.29, 1.82) is 0 Å². The maximum atomic E-state index is 6.16. The average molecular weight is 290 g/mol. The Kier molecular flexibility index (Phi) is 4.48. The first-order chi connectivity index (χ1) is 10.3. The van der Waals surface area contributed by atoms with Crippen LogP contribution in [0, 0.1) is 0 Å². The largest absolute Gasteiger partial charge is 0.494 e. The van der Waals surface area contributed by atoms with E-state index < -0.39 is 0 Å². The lowest BCUT2D eigenvalue weighted by Crippen LogP contribution is -2.51. The molecule has 0 amide bonds. The molecule has 0 atom stereocenters. The molecule has 0 unspecified atom stereocenters. The van der Waals surface area contributed by atoms with E-state index in [1.807, 2.05) is 6.07 Å². The van der Waals surface area contributed by atoms with Crippen LogP contribution in [0.5, 0.6) is 5.75 Å². The molecule has 2 heterocycles. The molecule has 0 radical (unpaired) electrons. The lowest BCUT2D eigenvalue weighted by atomic mass is 9.94. The molecule has 1 saturated carbocycles. The summed E-state index contributed by atoms with van der Waals surface area (Å²) in [6.45, 7) is 4.23. The molecule has 2 N–H and O–H groups in total. The van der Waals surface area contributed by atoms with E-state index in [9.17, 15) is 0 Å². The van der Waals surface area contributed by atoms with Crippen LogP contribution in [0.4, 0.5) is 11.5 Å². The molecule has 1 aliphatic heterocycles. The molecule has 2 fully saturated rings.